The van der Waals surface area contributed by atoms with Crippen molar-refractivity contribution in [2.75, 3.05) is 0 Å². The van der Waals surface area contributed by atoms with Crippen molar-refractivity contribution in [1.29, 1.82) is 0 Å². The summed E-state index contributed by atoms with van der Waals surface area (Å²) in [6.45, 7) is 4.04. The fraction of sp³-hybridized carbons (Fsp3) is 0.200. The van der Waals surface area contributed by atoms with Gasteiger partial charge in [0, 0.05) is 11.1 Å². The van der Waals surface area contributed by atoms with Crippen LogP contribution in [-0.4, -0.2) is 6.10 Å². The topological polar surface area (TPSA) is 9.23 Å². The molecule has 0 aliphatic carbocycles. The zero-order chi connectivity index (χ0) is 12.3. The Balaban J connectivity index is 2.49. The average molecular weight is 242 g/mol. The molecule has 0 N–H and O–H groups in total. The number of hydrogen-bond donors (Lipinski definition) is 0. The second-order valence-corrected chi connectivity index (χ2v) is 4.81. The Morgan fingerprint density at radius 2 is 2.12 bits per heavy atom. The maximum absolute atomic E-state index is 5.80. The van der Waals surface area contributed by atoms with Gasteiger partial charge in [0.05, 0.1) is 6.10 Å². The van der Waals surface area contributed by atoms with Gasteiger partial charge in [-0.3, -0.25) is 0 Å². The van der Waals surface area contributed by atoms with Crippen LogP contribution in [0.3, 0.4) is 0 Å². The van der Waals surface area contributed by atoms with E-state index in [1.165, 1.54) is 0 Å². The average Bonchev–Trinajstić information content (AvgIpc) is 2.82. The third kappa shape index (κ3) is 2.69. The Morgan fingerprint density at radius 1 is 1.29 bits per heavy atom. The van der Waals surface area contributed by atoms with E-state index in [2.05, 4.69) is 22.7 Å². The summed E-state index contributed by atoms with van der Waals surface area (Å²) in [5.74, 6) is 3.54. The van der Waals surface area contributed by atoms with E-state index in [0.29, 0.717) is 0 Å². The van der Waals surface area contributed by atoms with Crippen LogP contribution in [0.1, 0.15) is 19.4 Å². The first kappa shape index (κ1) is 11.8. The van der Waals surface area contributed by atoms with E-state index in [9.17, 15) is 0 Å². The van der Waals surface area contributed by atoms with Gasteiger partial charge in [-0.25, -0.2) is 0 Å². The van der Waals surface area contributed by atoms with Crippen LogP contribution < -0.4 is 4.74 Å². The normalized spacial score (nSPS) is 10.2. The lowest BCUT2D eigenvalue weighted by Gasteiger charge is -2.14. The Labute approximate surface area is 106 Å². The highest BCUT2D eigenvalue weighted by Crippen LogP contribution is 2.32. The predicted octanol–water partition coefficient (Wildman–Crippen LogP) is 4.18. The number of ether oxygens (including phenoxy) is 1. The van der Waals surface area contributed by atoms with Crippen LogP contribution in [0.15, 0.2) is 35.0 Å². The van der Waals surface area contributed by atoms with Crippen LogP contribution in [0, 0.1) is 12.3 Å². The van der Waals surface area contributed by atoms with Gasteiger partial charge >= 0.3 is 0 Å². The highest BCUT2D eigenvalue weighted by molar-refractivity contribution is 7.08. The minimum atomic E-state index is 0.157. The number of hydrogen-bond acceptors (Lipinski definition) is 2. The van der Waals surface area contributed by atoms with Gasteiger partial charge in [0.25, 0.3) is 0 Å². The van der Waals surface area contributed by atoms with Gasteiger partial charge in [0.2, 0.25) is 0 Å². The van der Waals surface area contributed by atoms with Gasteiger partial charge in [0.1, 0.15) is 5.75 Å². The Kier molecular flexibility index (Phi) is 3.51. The Bertz CT molecular complexity index is 533. The molecule has 0 saturated heterocycles. The molecule has 0 spiro atoms. The lowest BCUT2D eigenvalue weighted by molar-refractivity contribution is 0.243. The van der Waals surface area contributed by atoms with E-state index >= 15 is 0 Å². The molecule has 0 unspecified atom stereocenters. The van der Waals surface area contributed by atoms with E-state index in [1.807, 2.05) is 32.0 Å². The van der Waals surface area contributed by atoms with Crippen molar-refractivity contribution in [3.63, 3.8) is 0 Å². The number of terminal acetylenes is 1. The molecule has 86 valence electrons. The Hall–Kier alpha value is -1.72. The molecule has 0 amide bonds. The number of rotatable bonds is 3. The highest BCUT2D eigenvalue weighted by Gasteiger charge is 2.09. The Morgan fingerprint density at radius 3 is 2.71 bits per heavy atom. The van der Waals surface area contributed by atoms with Crippen LogP contribution in [0.25, 0.3) is 11.1 Å². The molecule has 0 radical (unpaired) electrons. The molecular weight excluding hydrogens is 228 g/mol. The molecule has 1 nitrogen and oxygen atoms in total. The number of benzene rings is 1. The summed E-state index contributed by atoms with van der Waals surface area (Å²) in [6, 6.07) is 7.93. The molecule has 2 heteroatoms. The minimum Gasteiger partial charge on any atom is -0.490 e. The third-order valence-corrected chi connectivity index (χ3v) is 3.02. The zero-order valence-electron chi connectivity index (χ0n) is 9.94. The highest BCUT2D eigenvalue weighted by atomic mass is 32.1. The maximum Gasteiger partial charge on any atom is 0.127 e. The summed E-state index contributed by atoms with van der Waals surface area (Å²) >= 11 is 1.67. The van der Waals surface area contributed by atoms with E-state index in [0.717, 1.165) is 22.4 Å². The van der Waals surface area contributed by atoms with Crippen LogP contribution in [0.5, 0.6) is 5.75 Å². The minimum absolute atomic E-state index is 0.157. The summed E-state index contributed by atoms with van der Waals surface area (Å²) in [7, 11) is 0. The summed E-state index contributed by atoms with van der Waals surface area (Å²) in [5.41, 5.74) is 3.10. The third-order valence-electron chi connectivity index (χ3n) is 2.34. The standard InChI is InChI=1S/C15H14OS/c1-4-12-5-6-15(16-11(2)3)14(9-12)13-7-8-17-10-13/h1,5-11H,2-3H3. The molecule has 2 aromatic rings. The van der Waals surface area contributed by atoms with Crippen LogP contribution in [-0.2, 0) is 0 Å². The fourth-order valence-electron chi connectivity index (χ4n) is 1.62. The maximum atomic E-state index is 5.80. The van der Waals surface area contributed by atoms with Gasteiger partial charge in [-0.1, -0.05) is 5.92 Å². The van der Waals surface area contributed by atoms with Crippen LogP contribution in [0.2, 0.25) is 0 Å². The van der Waals surface area contributed by atoms with Gasteiger partial charge in [-0.15, -0.1) is 6.42 Å². The molecule has 1 heterocycles. The van der Waals surface area contributed by atoms with E-state index in [-0.39, 0.29) is 6.10 Å². The molecule has 1 aromatic carbocycles. The number of thiophene rings is 1. The van der Waals surface area contributed by atoms with Crippen LogP contribution in [0.4, 0.5) is 0 Å². The molecule has 2 rings (SSSR count). The van der Waals surface area contributed by atoms with Crippen molar-refractivity contribution >= 4 is 11.3 Å². The van der Waals surface area contributed by atoms with Gasteiger partial charge in [-0.05, 0) is 54.4 Å². The largest absolute Gasteiger partial charge is 0.490 e. The molecule has 0 aliphatic heterocycles. The van der Waals surface area contributed by atoms with Crippen molar-refractivity contribution in [1.82, 2.24) is 0 Å². The van der Waals surface area contributed by atoms with Crippen LogP contribution >= 0.6 is 11.3 Å². The second kappa shape index (κ2) is 5.07. The molecule has 0 fully saturated rings. The first-order valence-electron chi connectivity index (χ1n) is 5.50. The molecule has 1 aromatic heterocycles. The summed E-state index contributed by atoms with van der Waals surface area (Å²) < 4.78 is 5.80. The lowest BCUT2D eigenvalue weighted by Crippen LogP contribution is -2.06. The van der Waals surface area contributed by atoms with Crippen molar-refractivity contribution in [2.45, 2.75) is 20.0 Å². The summed E-state index contributed by atoms with van der Waals surface area (Å²) in [4.78, 5) is 0. The molecular formula is C15H14OS. The summed E-state index contributed by atoms with van der Waals surface area (Å²) in [6.07, 6.45) is 5.59. The monoisotopic (exact) mass is 242 g/mol. The van der Waals surface area contributed by atoms with Gasteiger partial charge in [-0.2, -0.15) is 11.3 Å². The van der Waals surface area contributed by atoms with E-state index < -0.39 is 0 Å². The lowest BCUT2D eigenvalue weighted by atomic mass is 10.0. The van der Waals surface area contributed by atoms with Crippen molar-refractivity contribution in [2.24, 2.45) is 0 Å². The summed E-state index contributed by atoms with van der Waals surface area (Å²) in [5, 5.41) is 4.15. The molecule has 17 heavy (non-hydrogen) atoms. The molecule has 0 aliphatic rings. The quantitative estimate of drug-likeness (QED) is 0.733. The van der Waals surface area contributed by atoms with Gasteiger partial charge < -0.3 is 4.74 Å². The molecule has 0 saturated carbocycles. The van der Waals surface area contributed by atoms with Crippen molar-refractivity contribution < 1.29 is 4.74 Å². The first-order valence-corrected chi connectivity index (χ1v) is 6.45. The fourth-order valence-corrected chi connectivity index (χ4v) is 2.28. The SMILES string of the molecule is C#Cc1ccc(OC(C)C)c(-c2ccsc2)c1. The van der Waals surface area contributed by atoms with Crippen molar-refractivity contribution in [3.8, 4) is 29.2 Å². The predicted molar refractivity (Wildman–Crippen MR) is 73.5 cm³/mol. The molecule has 0 bridgehead atoms. The smallest absolute Gasteiger partial charge is 0.127 e. The zero-order valence-corrected chi connectivity index (χ0v) is 10.8. The van der Waals surface area contributed by atoms with Crippen molar-refractivity contribution in [3.05, 3.63) is 40.6 Å². The van der Waals surface area contributed by atoms with Gasteiger partial charge in [0.15, 0.2) is 0 Å². The van der Waals surface area contributed by atoms with E-state index in [1.54, 1.807) is 11.3 Å². The first-order chi connectivity index (χ1) is 8.20. The molecule has 0 atom stereocenters. The van der Waals surface area contributed by atoms with E-state index in [4.69, 9.17) is 11.2 Å². The second-order valence-electron chi connectivity index (χ2n) is 4.03.